The van der Waals surface area contributed by atoms with E-state index in [1.54, 1.807) is 18.1 Å². The summed E-state index contributed by atoms with van der Waals surface area (Å²) in [7, 11) is 1.57. The molecule has 24 heavy (non-hydrogen) atoms. The van der Waals surface area contributed by atoms with E-state index in [4.69, 9.17) is 4.74 Å². The van der Waals surface area contributed by atoms with Gasteiger partial charge >= 0.3 is 0 Å². The van der Waals surface area contributed by atoms with Gasteiger partial charge in [0.15, 0.2) is 0 Å². The van der Waals surface area contributed by atoms with Gasteiger partial charge in [0.1, 0.15) is 5.75 Å². The van der Waals surface area contributed by atoms with E-state index in [9.17, 15) is 9.59 Å². The third kappa shape index (κ3) is 3.43. The van der Waals surface area contributed by atoms with Crippen LogP contribution in [0.5, 0.6) is 5.75 Å². The lowest BCUT2D eigenvalue weighted by molar-refractivity contribution is -0.122. The molecule has 0 radical (unpaired) electrons. The molecule has 0 unspecified atom stereocenters. The molecule has 6 heteroatoms. The summed E-state index contributed by atoms with van der Waals surface area (Å²) in [5.41, 5.74) is 1.41. The number of anilines is 2. The largest absolute Gasteiger partial charge is 0.495 e. The first-order valence-corrected chi connectivity index (χ1v) is 8.37. The van der Waals surface area contributed by atoms with Crippen molar-refractivity contribution in [2.45, 2.75) is 6.42 Å². The van der Waals surface area contributed by atoms with E-state index in [-0.39, 0.29) is 24.2 Å². The number of hydrogen-bond donors (Lipinski definition) is 1. The van der Waals surface area contributed by atoms with E-state index in [2.05, 4.69) is 21.2 Å². The summed E-state index contributed by atoms with van der Waals surface area (Å²) in [6.07, 6.45) is 0.195. The first-order valence-electron chi connectivity index (χ1n) is 7.58. The smallest absolute Gasteiger partial charge is 0.229 e. The minimum Gasteiger partial charge on any atom is -0.495 e. The number of methoxy groups -OCH3 is 1. The van der Waals surface area contributed by atoms with Crippen LogP contribution in [0.3, 0.4) is 0 Å². The monoisotopic (exact) mass is 388 g/mol. The molecule has 2 amide bonds. The number of rotatable bonds is 4. The Balaban J connectivity index is 1.72. The maximum atomic E-state index is 12.4. The van der Waals surface area contributed by atoms with E-state index in [1.165, 1.54) is 0 Å². The van der Waals surface area contributed by atoms with Crippen molar-refractivity contribution in [1.82, 2.24) is 0 Å². The highest BCUT2D eigenvalue weighted by molar-refractivity contribution is 9.10. The SMILES string of the molecule is COc1ccccc1N1C[C@@H](C(=O)Nc2ccc(Br)cc2)CC1=O. The Kier molecular flexibility index (Phi) is 4.85. The summed E-state index contributed by atoms with van der Waals surface area (Å²) in [6.45, 7) is 0.349. The number of halogens is 1. The fourth-order valence-corrected chi connectivity index (χ4v) is 3.01. The molecule has 1 heterocycles. The molecule has 1 aliphatic heterocycles. The third-order valence-corrected chi connectivity index (χ3v) is 4.51. The van der Waals surface area contributed by atoms with E-state index in [0.29, 0.717) is 23.7 Å². The molecule has 1 aliphatic rings. The maximum Gasteiger partial charge on any atom is 0.229 e. The van der Waals surface area contributed by atoms with E-state index in [1.807, 2.05) is 42.5 Å². The summed E-state index contributed by atoms with van der Waals surface area (Å²) in [4.78, 5) is 26.4. The standard InChI is InChI=1S/C18H17BrN2O3/c1-24-16-5-3-2-4-15(16)21-11-12(10-17(21)22)18(23)20-14-8-6-13(19)7-9-14/h2-9,12H,10-11H2,1H3,(H,20,23)/t12-/m0/s1. The van der Waals surface area contributed by atoms with Crippen molar-refractivity contribution in [3.63, 3.8) is 0 Å². The first kappa shape index (κ1) is 16.5. The average molecular weight is 389 g/mol. The van der Waals surface area contributed by atoms with Crippen molar-refractivity contribution in [2.75, 3.05) is 23.9 Å². The predicted octanol–water partition coefficient (Wildman–Crippen LogP) is 3.45. The summed E-state index contributed by atoms with van der Waals surface area (Å²) in [5, 5.41) is 2.86. The maximum absolute atomic E-state index is 12.4. The number of carbonyl (C=O) groups is 2. The highest BCUT2D eigenvalue weighted by Gasteiger charge is 2.36. The van der Waals surface area contributed by atoms with Gasteiger partial charge in [-0.05, 0) is 36.4 Å². The lowest BCUT2D eigenvalue weighted by Gasteiger charge is -2.19. The highest BCUT2D eigenvalue weighted by atomic mass is 79.9. The minimum absolute atomic E-state index is 0.0737. The normalized spacial score (nSPS) is 17.0. The molecule has 2 aromatic carbocycles. The van der Waals surface area contributed by atoms with Gasteiger partial charge in [0.2, 0.25) is 11.8 Å². The molecule has 5 nitrogen and oxygen atoms in total. The van der Waals surface area contributed by atoms with Crippen molar-refractivity contribution in [3.05, 3.63) is 53.0 Å². The number of amides is 2. The molecule has 0 bridgehead atoms. The van der Waals surface area contributed by atoms with Crippen LogP contribution in [0.25, 0.3) is 0 Å². The van der Waals surface area contributed by atoms with Gasteiger partial charge in [0.05, 0.1) is 18.7 Å². The second-order valence-electron chi connectivity index (χ2n) is 5.57. The fourth-order valence-electron chi connectivity index (χ4n) is 2.75. The summed E-state index contributed by atoms with van der Waals surface area (Å²) < 4.78 is 6.25. The van der Waals surface area contributed by atoms with E-state index < -0.39 is 0 Å². The number of carbonyl (C=O) groups excluding carboxylic acids is 2. The molecule has 0 aromatic heterocycles. The molecule has 0 spiro atoms. The van der Waals surface area contributed by atoms with Crippen molar-refractivity contribution < 1.29 is 14.3 Å². The molecule has 1 N–H and O–H groups in total. The summed E-state index contributed by atoms with van der Waals surface area (Å²) >= 11 is 3.36. The van der Waals surface area contributed by atoms with E-state index >= 15 is 0 Å². The molecular formula is C18H17BrN2O3. The predicted molar refractivity (Wildman–Crippen MR) is 96.2 cm³/mol. The zero-order valence-corrected chi connectivity index (χ0v) is 14.7. The van der Waals surface area contributed by atoms with Crippen molar-refractivity contribution >= 4 is 39.1 Å². The van der Waals surface area contributed by atoms with Crippen LogP contribution >= 0.6 is 15.9 Å². The van der Waals surface area contributed by atoms with Gasteiger partial charge in [0.25, 0.3) is 0 Å². The quantitative estimate of drug-likeness (QED) is 0.872. The summed E-state index contributed by atoms with van der Waals surface area (Å²) in [6, 6.07) is 14.7. The number of benzene rings is 2. The lowest BCUT2D eigenvalue weighted by Crippen LogP contribution is -2.28. The van der Waals surface area contributed by atoms with Gasteiger partial charge in [-0.25, -0.2) is 0 Å². The number of nitrogens with zero attached hydrogens (tertiary/aromatic N) is 1. The van der Waals surface area contributed by atoms with Gasteiger partial charge in [0, 0.05) is 23.1 Å². The molecule has 1 fully saturated rings. The van der Waals surface area contributed by atoms with E-state index in [0.717, 1.165) is 4.47 Å². The Morgan fingerprint density at radius 3 is 2.62 bits per heavy atom. The Morgan fingerprint density at radius 2 is 1.92 bits per heavy atom. The molecule has 3 rings (SSSR count). The number of nitrogens with one attached hydrogen (secondary N) is 1. The first-order chi connectivity index (χ1) is 11.6. The van der Waals surface area contributed by atoms with Gasteiger partial charge in [-0.1, -0.05) is 28.1 Å². The topological polar surface area (TPSA) is 58.6 Å². The molecule has 2 aromatic rings. The molecular weight excluding hydrogens is 372 g/mol. The Bertz CT molecular complexity index is 761. The highest BCUT2D eigenvalue weighted by Crippen LogP contribution is 2.33. The van der Waals surface area contributed by atoms with Gasteiger partial charge in [-0.15, -0.1) is 0 Å². The number of ether oxygens (including phenoxy) is 1. The van der Waals surface area contributed by atoms with Crippen molar-refractivity contribution in [2.24, 2.45) is 5.92 Å². The average Bonchev–Trinajstić information content (AvgIpc) is 2.98. The zero-order chi connectivity index (χ0) is 17.1. The fraction of sp³-hybridized carbons (Fsp3) is 0.222. The Labute approximate surface area is 148 Å². The zero-order valence-electron chi connectivity index (χ0n) is 13.2. The number of para-hydroxylation sites is 2. The molecule has 0 aliphatic carbocycles. The van der Waals surface area contributed by atoms with Crippen LogP contribution in [-0.4, -0.2) is 25.5 Å². The second kappa shape index (κ2) is 7.05. The van der Waals surface area contributed by atoms with Gasteiger partial charge in [-0.3, -0.25) is 9.59 Å². The van der Waals surface area contributed by atoms with Crippen LogP contribution in [0.1, 0.15) is 6.42 Å². The van der Waals surface area contributed by atoms with Crippen LogP contribution < -0.4 is 15.0 Å². The second-order valence-corrected chi connectivity index (χ2v) is 6.49. The van der Waals surface area contributed by atoms with Crippen molar-refractivity contribution in [1.29, 1.82) is 0 Å². The number of hydrogen-bond acceptors (Lipinski definition) is 3. The van der Waals surface area contributed by atoms with Crippen LogP contribution in [-0.2, 0) is 9.59 Å². The van der Waals surface area contributed by atoms with Gasteiger partial charge in [-0.2, -0.15) is 0 Å². The Hall–Kier alpha value is -2.34. The van der Waals surface area contributed by atoms with Crippen LogP contribution in [0.4, 0.5) is 11.4 Å². The van der Waals surface area contributed by atoms with Gasteiger partial charge < -0.3 is 15.0 Å². The molecule has 0 saturated carbocycles. The third-order valence-electron chi connectivity index (χ3n) is 3.98. The van der Waals surface area contributed by atoms with Crippen LogP contribution in [0.15, 0.2) is 53.0 Å². The van der Waals surface area contributed by atoms with Crippen LogP contribution in [0.2, 0.25) is 0 Å². The minimum atomic E-state index is -0.383. The Morgan fingerprint density at radius 1 is 1.21 bits per heavy atom. The lowest BCUT2D eigenvalue weighted by atomic mass is 10.1. The van der Waals surface area contributed by atoms with Crippen molar-refractivity contribution in [3.8, 4) is 5.75 Å². The summed E-state index contributed by atoms with van der Waals surface area (Å²) in [5.74, 6) is 0.0180. The molecule has 124 valence electrons. The molecule has 1 saturated heterocycles. The van der Waals surface area contributed by atoms with Crippen LogP contribution in [0, 0.1) is 5.92 Å². The molecule has 1 atom stereocenters.